The molecule has 2 amide bonds. The molecule has 0 saturated carbocycles. The summed E-state index contributed by atoms with van der Waals surface area (Å²) in [6, 6.07) is 11.6. The maximum Gasteiger partial charge on any atom is 0.422 e. The molecule has 0 aliphatic carbocycles. The summed E-state index contributed by atoms with van der Waals surface area (Å²) >= 11 is 0. The molecule has 27 heavy (non-hydrogen) atoms. The molecule has 1 heterocycles. The van der Waals surface area contributed by atoms with E-state index in [4.69, 9.17) is 0 Å². The van der Waals surface area contributed by atoms with Crippen LogP contribution >= 0.6 is 0 Å². The van der Waals surface area contributed by atoms with Gasteiger partial charge in [0.1, 0.15) is 0 Å². The van der Waals surface area contributed by atoms with E-state index < -0.39 is 12.8 Å². The Morgan fingerprint density at radius 2 is 1.78 bits per heavy atom. The minimum absolute atomic E-state index is 0.0254. The van der Waals surface area contributed by atoms with Crippen molar-refractivity contribution in [3.8, 4) is 5.88 Å². The molecule has 2 aromatic rings. The van der Waals surface area contributed by atoms with Gasteiger partial charge in [0.2, 0.25) is 11.8 Å². The number of hydrogen-bond acceptors (Lipinski definition) is 4. The predicted octanol–water partition coefficient (Wildman–Crippen LogP) is 2.46. The molecule has 0 aliphatic heterocycles. The number of hydrogen-bond donors (Lipinski definition) is 2. The van der Waals surface area contributed by atoms with E-state index in [-0.39, 0.29) is 37.2 Å². The van der Waals surface area contributed by atoms with Crippen LogP contribution in [0.2, 0.25) is 0 Å². The topological polar surface area (TPSA) is 80.3 Å². The SMILES string of the molecule is O=C(CCNC(=O)c1ccccc1)NCc1cccnc1OCC(F)(F)F. The van der Waals surface area contributed by atoms with E-state index in [0.29, 0.717) is 11.1 Å². The average Bonchev–Trinajstić information content (AvgIpc) is 2.65. The highest BCUT2D eigenvalue weighted by Gasteiger charge is 2.29. The van der Waals surface area contributed by atoms with E-state index in [0.717, 1.165) is 0 Å². The molecule has 0 spiro atoms. The number of alkyl halides is 3. The van der Waals surface area contributed by atoms with Crippen LogP contribution in [0.15, 0.2) is 48.7 Å². The Morgan fingerprint density at radius 3 is 2.48 bits per heavy atom. The first-order valence-corrected chi connectivity index (χ1v) is 8.08. The van der Waals surface area contributed by atoms with Crippen LogP contribution < -0.4 is 15.4 Å². The fourth-order valence-electron chi connectivity index (χ4n) is 2.10. The number of amides is 2. The first-order valence-electron chi connectivity index (χ1n) is 8.08. The number of nitrogens with one attached hydrogen (secondary N) is 2. The lowest BCUT2D eigenvalue weighted by Gasteiger charge is -2.12. The first kappa shape index (κ1) is 20.2. The molecular weight excluding hydrogens is 363 g/mol. The maximum atomic E-state index is 12.3. The van der Waals surface area contributed by atoms with E-state index in [1.54, 1.807) is 30.3 Å². The Bertz CT molecular complexity index is 767. The van der Waals surface area contributed by atoms with E-state index in [2.05, 4.69) is 20.4 Å². The Labute approximate surface area is 153 Å². The summed E-state index contributed by atoms with van der Waals surface area (Å²) in [4.78, 5) is 27.5. The summed E-state index contributed by atoms with van der Waals surface area (Å²) < 4.78 is 41.4. The van der Waals surface area contributed by atoms with Crippen molar-refractivity contribution in [1.82, 2.24) is 15.6 Å². The highest BCUT2D eigenvalue weighted by atomic mass is 19.4. The molecule has 6 nitrogen and oxygen atoms in total. The Morgan fingerprint density at radius 1 is 1.04 bits per heavy atom. The number of nitrogens with zero attached hydrogens (tertiary/aromatic N) is 1. The van der Waals surface area contributed by atoms with Gasteiger partial charge in [0, 0.05) is 36.8 Å². The van der Waals surface area contributed by atoms with E-state index in [1.807, 2.05) is 0 Å². The van der Waals surface area contributed by atoms with E-state index in [9.17, 15) is 22.8 Å². The maximum absolute atomic E-state index is 12.3. The second-order valence-corrected chi connectivity index (χ2v) is 5.52. The van der Waals surface area contributed by atoms with Gasteiger partial charge in [-0.05, 0) is 18.2 Å². The standard InChI is InChI=1S/C18H18F3N3O3/c19-18(20,21)12-27-17-14(7-4-9-23-17)11-24-15(25)8-10-22-16(26)13-5-2-1-3-6-13/h1-7,9H,8,10-12H2,(H,22,26)(H,24,25). The fraction of sp³-hybridized carbons (Fsp3) is 0.278. The third-order valence-electron chi connectivity index (χ3n) is 3.37. The van der Waals surface area contributed by atoms with Crippen molar-refractivity contribution < 1.29 is 27.5 Å². The van der Waals surface area contributed by atoms with Crippen molar-refractivity contribution in [1.29, 1.82) is 0 Å². The number of rotatable bonds is 8. The normalized spacial score (nSPS) is 10.9. The highest BCUT2D eigenvalue weighted by Crippen LogP contribution is 2.19. The van der Waals surface area contributed by atoms with E-state index in [1.165, 1.54) is 18.3 Å². The smallest absolute Gasteiger partial charge is 0.422 e. The second kappa shape index (κ2) is 9.56. The monoisotopic (exact) mass is 381 g/mol. The lowest BCUT2D eigenvalue weighted by Crippen LogP contribution is -2.30. The Hall–Kier alpha value is -3.10. The molecule has 144 valence electrons. The lowest BCUT2D eigenvalue weighted by molar-refractivity contribution is -0.154. The van der Waals surface area contributed by atoms with Crippen molar-refractivity contribution in [2.24, 2.45) is 0 Å². The zero-order valence-corrected chi connectivity index (χ0v) is 14.3. The van der Waals surface area contributed by atoms with Crippen molar-refractivity contribution in [2.75, 3.05) is 13.2 Å². The zero-order chi connectivity index (χ0) is 19.7. The van der Waals surface area contributed by atoms with Crippen LogP contribution in [0.3, 0.4) is 0 Å². The van der Waals surface area contributed by atoms with Crippen LogP contribution in [0.1, 0.15) is 22.3 Å². The number of aromatic nitrogens is 1. The minimum atomic E-state index is -4.48. The highest BCUT2D eigenvalue weighted by molar-refractivity contribution is 5.94. The second-order valence-electron chi connectivity index (χ2n) is 5.52. The molecule has 0 radical (unpaired) electrons. The summed E-state index contributed by atoms with van der Waals surface area (Å²) in [5, 5.41) is 5.17. The Balaban J connectivity index is 1.76. The van der Waals surface area contributed by atoms with Crippen LogP contribution in [-0.2, 0) is 11.3 Å². The van der Waals surface area contributed by atoms with Crippen molar-refractivity contribution in [2.45, 2.75) is 19.1 Å². The van der Waals surface area contributed by atoms with Crippen molar-refractivity contribution in [3.63, 3.8) is 0 Å². The third kappa shape index (κ3) is 7.35. The van der Waals surface area contributed by atoms with Crippen LogP contribution in [0, 0.1) is 0 Å². The van der Waals surface area contributed by atoms with Gasteiger partial charge in [-0.3, -0.25) is 9.59 Å². The van der Waals surface area contributed by atoms with E-state index >= 15 is 0 Å². The summed E-state index contributed by atoms with van der Waals surface area (Å²) in [5.41, 5.74) is 0.808. The first-order chi connectivity index (χ1) is 12.8. The van der Waals surface area contributed by atoms with Crippen LogP contribution in [0.4, 0.5) is 13.2 Å². The zero-order valence-electron chi connectivity index (χ0n) is 14.3. The molecule has 0 saturated heterocycles. The van der Waals surface area contributed by atoms with Gasteiger partial charge in [0.05, 0.1) is 0 Å². The van der Waals surface area contributed by atoms with Crippen molar-refractivity contribution >= 4 is 11.8 Å². The predicted molar refractivity (Wildman–Crippen MR) is 91.0 cm³/mol. The van der Waals surface area contributed by atoms with Crippen LogP contribution in [-0.4, -0.2) is 36.1 Å². The van der Waals surface area contributed by atoms with Gasteiger partial charge in [0.15, 0.2) is 6.61 Å². The van der Waals surface area contributed by atoms with Gasteiger partial charge in [-0.25, -0.2) is 4.98 Å². The molecule has 2 rings (SSSR count). The molecule has 9 heteroatoms. The summed E-state index contributed by atoms with van der Waals surface area (Å²) in [7, 11) is 0. The third-order valence-corrected chi connectivity index (χ3v) is 3.37. The molecule has 2 N–H and O–H groups in total. The number of carbonyl (C=O) groups is 2. The number of halogens is 3. The van der Waals surface area contributed by atoms with Crippen LogP contribution in [0.5, 0.6) is 5.88 Å². The van der Waals surface area contributed by atoms with Gasteiger partial charge < -0.3 is 15.4 Å². The molecule has 0 fully saturated rings. The van der Waals surface area contributed by atoms with Gasteiger partial charge in [0.25, 0.3) is 5.91 Å². The summed E-state index contributed by atoms with van der Waals surface area (Å²) in [6.45, 7) is -1.37. The molecule has 1 aromatic heterocycles. The number of ether oxygens (including phenoxy) is 1. The average molecular weight is 381 g/mol. The summed E-state index contributed by atoms with van der Waals surface area (Å²) in [6.07, 6.45) is -3.15. The fourth-order valence-corrected chi connectivity index (χ4v) is 2.10. The van der Waals surface area contributed by atoms with Gasteiger partial charge >= 0.3 is 6.18 Å². The number of benzene rings is 1. The molecule has 0 aliphatic rings. The quantitative estimate of drug-likeness (QED) is 0.736. The molecular formula is C18H18F3N3O3. The minimum Gasteiger partial charge on any atom is -0.468 e. The largest absolute Gasteiger partial charge is 0.468 e. The number of carbonyl (C=O) groups excluding carboxylic acids is 2. The van der Waals surface area contributed by atoms with Crippen LogP contribution in [0.25, 0.3) is 0 Å². The molecule has 1 aromatic carbocycles. The lowest BCUT2D eigenvalue weighted by atomic mass is 10.2. The summed E-state index contributed by atoms with van der Waals surface area (Å²) in [5.74, 6) is -0.847. The Kier molecular flexibility index (Phi) is 7.16. The molecule has 0 unspecified atom stereocenters. The van der Waals surface area contributed by atoms with Gasteiger partial charge in [-0.1, -0.05) is 24.3 Å². The van der Waals surface area contributed by atoms with Gasteiger partial charge in [-0.2, -0.15) is 13.2 Å². The van der Waals surface area contributed by atoms with Crippen molar-refractivity contribution in [3.05, 3.63) is 59.8 Å². The number of pyridine rings is 1. The van der Waals surface area contributed by atoms with Gasteiger partial charge in [-0.15, -0.1) is 0 Å². The molecule has 0 atom stereocenters. The molecule has 0 bridgehead atoms.